The maximum absolute atomic E-state index is 11.3. The molecule has 0 saturated carbocycles. The van der Waals surface area contributed by atoms with E-state index < -0.39 is 0 Å². The molecule has 0 aliphatic carbocycles. The zero-order valence-corrected chi connectivity index (χ0v) is 7.42. The molecule has 1 aliphatic rings. The van der Waals surface area contributed by atoms with Crippen LogP contribution >= 0.6 is 0 Å². The summed E-state index contributed by atoms with van der Waals surface area (Å²) in [6.07, 6.45) is 2.35. The fraction of sp³-hybridized carbons (Fsp3) is 0.778. The maximum atomic E-state index is 11.3. The summed E-state index contributed by atoms with van der Waals surface area (Å²) in [6, 6.07) is 2.08. The van der Waals surface area contributed by atoms with Crippen LogP contribution in [-0.2, 0) is 4.79 Å². The van der Waals surface area contributed by atoms with Crippen LogP contribution in [0.2, 0.25) is 0 Å². The summed E-state index contributed by atoms with van der Waals surface area (Å²) in [5, 5.41) is 8.30. The van der Waals surface area contributed by atoms with E-state index in [0.29, 0.717) is 6.42 Å². The van der Waals surface area contributed by atoms with Crippen molar-refractivity contribution in [3.63, 3.8) is 0 Å². The van der Waals surface area contributed by atoms with Crippen molar-refractivity contribution in [2.45, 2.75) is 26.2 Å². The molecule has 0 N–H and O–H groups in total. The molecular formula is C9H14N2O. The van der Waals surface area contributed by atoms with Crippen molar-refractivity contribution < 1.29 is 4.79 Å². The number of hydrogen-bond acceptors (Lipinski definition) is 2. The van der Waals surface area contributed by atoms with Crippen LogP contribution in [-0.4, -0.2) is 23.9 Å². The second-order valence-corrected chi connectivity index (χ2v) is 3.28. The third kappa shape index (κ3) is 1.97. The molecular weight excluding hydrogens is 152 g/mol. The Labute approximate surface area is 73.0 Å². The van der Waals surface area contributed by atoms with Gasteiger partial charge in [0.1, 0.15) is 0 Å². The smallest absolute Gasteiger partial charge is 0.225 e. The van der Waals surface area contributed by atoms with E-state index in [9.17, 15) is 4.79 Å². The van der Waals surface area contributed by atoms with Crippen LogP contribution in [0.3, 0.4) is 0 Å². The highest BCUT2D eigenvalue weighted by molar-refractivity contribution is 5.80. The Morgan fingerprint density at radius 3 is 3.00 bits per heavy atom. The van der Waals surface area contributed by atoms with E-state index in [1.807, 2.05) is 11.8 Å². The average Bonchev–Trinajstić information content (AvgIpc) is 2.36. The van der Waals surface area contributed by atoms with Crippen LogP contribution in [0.4, 0.5) is 0 Å². The molecule has 0 bridgehead atoms. The summed E-state index contributed by atoms with van der Waals surface area (Å²) in [5.41, 5.74) is 0. The van der Waals surface area contributed by atoms with E-state index in [1.165, 1.54) is 0 Å². The SMILES string of the molecule is CC1CCN(CCCC#N)C1=O. The molecule has 1 unspecified atom stereocenters. The molecule has 0 radical (unpaired) electrons. The standard InChI is InChI=1S/C9H14N2O/c1-8-4-7-11(9(8)12)6-3-2-5-10/h8H,2-4,6-7H2,1H3. The molecule has 1 aliphatic heterocycles. The van der Waals surface area contributed by atoms with Gasteiger partial charge >= 0.3 is 0 Å². The number of carbonyl (C=O) groups is 1. The van der Waals surface area contributed by atoms with E-state index in [0.717, 1.165) is 25.9 Å². The van der Waals surface area contributed by atoms with Gasteiger partial charge in [0, 0.05) is 25.4 Å². The number of nitriles is 1. The number of amides is 1. The fourth-order valence-corrected chi connectivity index (χ4v) is 1.47. The molecule has 0 aromatic carbocycles. The lowest BCUT2D eigenvalue weighted by molar-refractivity contribution is -0.130. The number of unbranched alkanes of at least 4 members (excludes halogenated alkanes) is 1. The van der Waals surface area contributed by atoms with Gasteiger partial charge in [-0.1, -0.05) is 6.92 Å². The Morgan fingerprint density at radius 1 is 1.75 bits per heavy atom. The van der Waals surface area contributed by atoms with Gasteiger partial charge in [0.2, 0.25) is 5.91 Å². The number of nitrogens with zero attached hydrogens (tertiary/aromatic N) is 2. The molecule has 1 rings (SSSR count). The molecule has 0 aromatic rings. The van der Waals surface area contributed by atoms with Crippen molar-refractivity contribution in [2.75, 3.05) is 13.1 Å². The summed E-state index contributed by atoms with van der Waals surface area (Å²) in [7, 11) is 0. The first-order chi connectivity index (χ1) is 5.75. The van der Waals surface area contributed by atoms with Gasteiger partial charge in [0.05, 0.1) is 6.07 Å². The van der Waals surface area contributed by atoms with Crippen molar-refractivity contribution in [1.82, 2.24) is 4.90 Å². The molecule has 3 nitrogen and oxygen atoms in total. The van der Waals surface area contributed by atoms with Crippen molar-refractivity contribution in [3.8, 4) is 6.07 Å². The Hall–Kier alpha value is -1.04. The Balaban J connectivity index is 2.26. The monoisotopic (exact) mass is 166 g/mol. The summed E-state index contributed by atoms with van der Waals surface area (Å²) >= 11 is 0. The van der Waals surface area contributed by atoms with Crippen LogP contribution in [0.15, 0.2) is 0 Å². The van der Waals surface area contributed by atoms with Crippen LogP contribution in [0, 0.1) is 17.2 Å². The van der Waals surface area contributed by atoms with Gasteiger partial charge in [-0.15, -0.1) is 0 Å². The molecule has 0 spiro atoms. The minimum absolute atomic E-state index is 0.201. The molecule has 3 heteroatoms. The summed E-state index contributed by atoms with van der Waals surface area (Å²) in [6.45, 7) is 3.61. The summed E-state index contributed by atoms with van der Waals surface area (Å²) in [5.74, 6) is 0.458. The van der Waals surface area contributed by atoms with E-state index >= 15 is 0 Å². The van der Waals surface area contributed by atoms with Crippen molar-refractivity contribution in [1.29, 1.82) is 5.26 Å². The molecule has 12 heavy (non-hydrogen) atoms. The summed E-state index contributed by atoms with van der Waals surface area (Å²) in [4.78, 5) is 13.2. The van der Waals surface area contributed by atoms with Gasteiger partial charge in [-0.25, -0.2) is 0 Å². The molecule has 1 saturated heterocycles. The first-order valence-electron chi connectivity index (χ1n) is 4.41. The van der Waals surface area contributed by atoms with Gasteiger partial charge < -0.3 is 4.90 Å². The first kappa shape index (κ1) is 9.05. The van der Waals surface area contributed by atoms with Crippen LogP contribution in [0.25, 0.3) is 0 Å². The van der Waals surface area contributed by atoms with Crippen LogP contribution in [0.1, 0.15) is 26.2 Å². The number of likely N-dealkylation sites (tertiary alicyclic amines) is 1. The molecule has 1 fully saturated rings. The van der Waals surface area contributed by atoms with Crippen molar-refractivity contribution in [2.24, 2.45) is 5.92 Å². The highest BCUT2D eigenvalue weighted by Gasteiger charge is 2.26. The van der Waals surface area contributed by atoms with Gasteiger partial charge in [0.15, 0.2) is 0 Å². The number of carbonyl (C=O) groups excluding carboxylic acids is 1. The number of rotatable bonds is 3. The third-order valence-electron chi connectivity index (χ3n) is 2.28. The second-order valence-electron chi connectivity index (χ2n) is 3.28. The Morgan fingerprint density at radius 2 is 2.50 bits per heavy atom. The highest BCUT2D eigenvalue weighted by Crippen LogP contribution is 2.16. The third-order valence-corrected chi connectivity index (χ3v) is 2.28. The molecule has 0 aromatic heterocycles. The van der Waals surface area contributed by atoms with E-state index in [-0.39, 0.29) is 11.8 Å². The van der Waals surface area contributed by atoms with Crippen molar-refractivity contribution >= 4 is 5.91 Å². The maximum Gasteiger partial charge on any atom is 0.225 e. The lowest BCUT2D eigenvalue weighted by atomic mass is 10.1. The van der Waals surface area contributed by atoms with Gasteiger partial charge in [-0.05, 0) is 12.8 Å². The topological polar surface area (TPSA) is 44.1 Å². The van der Waals surface area contributed by atoms with E-state index in [1.54, 1.807) is 0 Å². The van der Waals surface area contributed by atoms with Gasteiger partial charge in [0.25, 0.3) is 0 Å². The van der Waals surface area contributed by atoms with E-state index in [4.69, 9.17) is 5.26 Å². The zero-order valence-electron chi connectivity index (χ0n) is 7.42. The highest BCUT2D eigenvalue weighted by atomic mass is 16.2. The van der Waals surface area contributed by atoms with Gasteiger partial charge in [-0.2, -0.15) is 5.26 Å². The Bertz CT molecular complexity index is 207. The van der Waals surface area contributed by atoms with Crippen LogP contribution in [0.5, 0.6) is 0 Å². The summed E-state index contributed by atoms with van der Waals surface area (Å²) < 4.78 is 0. The van der Waals surface area contributed by atoms with Gasteiger partial charge in [-0.3, -0.25) is 4.79 Å². The quantitative estimate of drug-likeness (QED) is 0.590. The minimum Gasteiger partial charge on any atom is -0.342 e. The largest absolute Gasteiger partial charge is 0.342 e. The van der Waals surface area contributed by atoms with E-state index in [2.05, 4.69) is 6.07 Å². The normalized spacial score (nSPS) is 22.8. The second kappa shape index (κ2) is 4.10. The molecule has 1 atom stereocenters. The fourth-order valence-electron chi connectivity index (χ4n) is 1.47. The van der Waals surface area contributed by atoms with Crippen LogP contribution < -0.4 is 0 Å². The van der Waals surface area contributed by atoms with Crippen molar-refractivity contribution in [3.05, 3.63) is 0 Å². The predicted molar refractivity (Wildman–Crippen MR) is 45.2 cm³/mol. The molecule has 1 amide bonds. The Kier molecular flexibility index (Phi) is 3.09. The number of hydrogen-bond donors (Lipinski definition) is 0. The molecule has 1 heterocycles. The molecule has 66 valence electrons. The zero-order chi connectivity index (χ0) is 8.97. The first-order valence-corrected chi connectivity index (χ1v) is 4.41. The lowest BCUT2D eigenvalue weighted by Gasteiger charge is -2.14. The predicted octanol–water partition coefficient (Wildman–Crippen LogP) is 1.16. The average molecular weight is 166 g/mol. The minimum atomic E-state index is 0.201. The lowest BCUT2D eigenvalue weighted by Crippen LogP contribution is -2.27.